The molecule has 0 spiro atoms. The summed E-state index contributed by atoms with van der Waals surface area (Å²) in [5.74, 6) is 0.868. The van der Waals surface area contributed by atoms with E-state index in [1.807, 2.05) is 44.4 Å². The average Bonchev–Trinajstić information content (AvgIpc) is 3.67. The zero-order chi connectivity index (χ0) is 23.9. The zero-order valence-electron chi connectivity index (χ0n) is 20.1. The molecule has 5 heterocycles. The Labute approximate surface area is 205 Å². The summed E-state index contributed by atoms with van der Waals surface area (Å²) in [6, 6.07) is 8.83. The number of aromatic nitrogens is 3. The van der Waals surface area contributed by atoms with Crippen LogP contribution in [0, 0.1) is 6.92 Å². The summed E-state index contributed by atoms with van der Waals surface area (Å²) in [4.78, 5) is 31.3. The summed E-state index contributed by atoms with van der Waals surface area (Å²) in [6.07, 6.45) is 9.85. The van der Waals surface area contributed by atoms with E-state index in [4.69, 9.17) is 4.98 Å². The fraction of sp³-hybridized carbons (Fsp3) is 0.333. The van der Waals surface area contributed by atoms with Gasteiger partial charge in [0.2, 0.25) is 0 Å². The standard InChI is InChI=1S/C27H29N7O/c1-17-7-8-28-15-22(17)23-13-21-24(16-29-23)32-27(35)26(21)18(2)31-19-3-6-25(30-14-19)34-11-9-33(10-12-34)20-4-5-20/h3,6-8,13-16,20,31H,4-5,9-12H2,1-2H3,(H,32,35)/b26-18-. The lowest BCUT2D eigenvalue weighted by atomic mass is 10.0. The highest BCUT2D eigenvalue weighted by atomic mass is 16.2. The number of nitrogens with zero attached hydrogens (tertiary/aromatic N) is 5. The third kappa shape index (κ3) is 4.25. The molecule has 3 aromatic rings. The molecule has 1 saturated carbocycles. The van der Waals surface area contributed by atoms with Crippen LogP contribution in [0.4, 0.5) is 17.2 Å². The number of allylic oxidation sites excluding steroid dienone is 1. The fourth-order valence-corrected chi connectivity index (χ4v) is 5.00. The molecule has 2 fully saturated rings. The number of aryl methyl sites for hydroxylation is 1. The molecule has 0 aromatic carbocycles. The number of carbonyl (C=O) groups excluding carboxylic acids is 1. The van der Waals surface area contributed by atoms with Gasteiger partial charge in [0.15, 0.2) is 0 Å². The predicted octanol–water partition coefficient (Wildman–Crippen LogP) is 3.93. The van der Waals surface area contributed by atoms with Crippen LogP contribution in [0.3, 0.4) is 0 Å². The molecule has 1 amide bonds. The average molecular weight is 468 g/mol. The number of pyridine rings is 3. The van der Waals surface area contributed by atoms with Gasteiger partial charge in [-0.1, -0.05) is 0 Å². The lowest BCUT2D eigenvalue weighted by Crippen LogP contribution is -2.47. The first kappa shape index (κ1) is 21.7. The molecule has 3 aliphatic rings. The van der Waals surface area contributed by atoms with Gasteiger partial charge in [0, 0.05) is 61.4 Å². The molecular weight excluding hydrogens is 438 g/mol. The van der Waals surface area contributed by atoms with Gasteiger partial charge in [-0.3, -0.25) is 19.7 Å². The lowest BCUT2D eigenvalue weighted by molar-refractivity contribution is -0.110. The first-order valence-electron chi connectivity index (χ1n) is 12.2. The van der Waals surface area contributed by atoms with Gasteiger partial charge in [-0.2, -0.15) is 0 Å². The van der Waals surface area contributed by atoms with E-state index in [1.54, 1.807) is 12.4 Å². The van der Waals surface area contributed by atoms with Gasteiger partial charge in [-0.25, -0.2) is 4.98 Å². The van der Waals surface area contributed by atoms with Gasteiger partial charge in [0.25, 0.3) is 5.91 Å². The van der Waals surface area contributed by atoms with Crippen LogP contribution in [0.15, 0.2) is 54.7 Å². The van der Waals surface area contributed by atoms with E-state index in [9.17, 15) is 4.79 Å². The maximum atomic E-state index is 12.8. The molecular formula is C27H29N7O. The Morgan fingerprint density at radius 3 is 2.57 bits per heavy atom. The van der Waals surface area contributed by atoms with Crippen molar-refractivity contribution in [2.75, 3.05) is 41.7 Å². The first-order valence-corrected chi connectivity index (χ1v) is 12.2. The molecule has 1 saturated heterocycles. The molecule has 0 unspecified atom stereocenters. The number of amides is 1. The van der Waals surface area contributed by atoms with E-state index in [0.29, 0.717) is 5.57 Å². The third-order valence-corrected chi connectivity index (χ3v) is 7.12. The Morgan fingerprint density at radius 2 is 1.86 bits per heavy atom. The minimum absolute atomic E-state index is 0.134. The van der Waals surface area contributed by atoms with E-state index in [2.05, 4.69) is 36.5 Å². The maximum absolute atomic E-state index is 12.8. The second-order valence-electron chi connectivity index (χ2n) is 9.54. The molecule has 178 valence electrons. The summed E-state index contributed by atoms with van der Waals surface area (Å²) in [6.45, 7) is 8.21. The smallest absolute Gasteiger partial charge is 0.258 e. The molecule has 0 bridgehead atoms. The number of carbonyl (C=O) groups is 1. The van der Waals surface area contributed by atoms with Crippen LogP contribution in [0.2, 0.25) is 0 Å². The molecule has 6 rings (SSSR count). The number of fused-ring (bicyclic) bond motifs is 1. The molecule has 3 aromatic heterocycles. The van der Waals surface area contributed by atoms with Crippen molar-refractivity contribution in [2.24, 2.45) is 0 Å². The van der Waals surface area contributed by atoms with Crippen LogP contribution in [0.5, 0.6) is 0 Å². The highest BCUT2D eigenvalue weighted by Crippen LogP contribution is 2.36. The van der Waals surface area contributed by atoms with Crippen molar-refractivity contribution < 1.29 is 4.79 Å². The van der Waals surface area contributed by atoms with Crippen molar-refractivity contribution >= 4 is 28.7 Å². The normalized spacial score (nSPS) is 19.4. The first-order chi connectivity index (χ1) is 17.1. The molecule has 8 nitrogen and oxygen atoms in total. The van der Waals surface area contributed by atoms with E-state index in [0.717, 1.165) is 77.5 Å². The molecule has 0 atom stereocenters. The lowest BCUT2D eigenvalue weighted by Gasteiger charge is -2.35. The van der Waals surface area contributed by atoms with Crippen molar-refractivity contribution in [1.82, 2.24) is 19.9 Å². The second kappa shape index (κ2) is 8.78. The number of piperazine rings is 1. The number of rotatable bonds is 5. The van der Waals surface area contributed by atoms with Gasteiger partial charge in [-0.05, 0) is 56.5 Å². The third-order valence-electron chi connectivity index (χ3n) is 7.12. The Hall–Kier alpha value is -3.78. The van der Waals surface area contributed by atoms with Crippen LogP contribution in [-0.4, -0.2) is 58.0 Å². The number of hydrogen-bond acceptors (Lipinski definition) is 7. The molecule has 2 N–H and O–H groups in total. The monoisotopic (exact) mass is 467 g/mol. The molecule has 35 heavy (non-hydrogen) atoms. The quantitative estimate of drug-likeness (QED) is 0.550. The Bertz CT molecular complexity index is 1310. The predicted molar refractivity (Wildman–Crippen MR) is 138 cm³/mol. The molecule has 1 aliphatic carbocycles. The maximum Gasteiger partial charge on any atom is 0.258 e. The summed E-state index contributed by atoms with van der Waals surface area (Å²) in [7, 11) is 0. The topological polar surface area (TPSA) is 86.3 Å². The van der Waals surface area contributed by atoms with Crippen LogP contribution < -0.4 is 15.5 Å². The number of hydrogen-bond donors (Lipinski definition) is 2. The van der Waals surface area contributed by atoms with Crippen LogP contribution in [-0.2, 0) is 4.79 Å². The minimum Gasteiger partial charge on any atom is -0.357 e. The SMILES string of the molecule is C/C(Nc1ccc(N2CCN(C3CC3)CC2)nc1)=C1/C(=O)Nc2cnc(-c3cnccc3C)cc21. The highest BCUT2D eigenvalue weighted by molar-refractivity contribution is 6.32. The summed E-state index contributed by atoms with van der Waals surface area (Å²) < 4.78 is 0. The van der Waals surface area contributed by atoms with Gasteiger partial charge in [0.1, 0.15) is 5.82 Å². The Morgan fingerprint density at radius 1 is 1.03 bits per heavy atom. The van der Waals surface area contributed by atoms with Crippen LogP contribution in [0.1, 0.15) is 30.9 Å². The summed E-state index contributed by atoms with van der Waals surface area (Å²) in [5.41, 5.74) is 6.64. The van der Waals surface area contributed by atoms with Gasteiger partial charge in [-0.15, -0.1) is 0 Å². The van der Waals surface area contributed by atoms with Crippen molar-refractivity contribution in [3.63, 3.8) is 0 Å². The van der Waals surface area contributed by atoms with Crippen LogP contribution in [0.25, 0.3) is 16.8 Å². The van der Waals surface area contributed by atoms with Crippen LogP contribution >= 0.6 is 0 Å². The summed E-state index contributed by atoms with van der Waals surface area (Å²) >= 11 is 0. The van der Waals surface area contributed by atoms with Gasteiger partial charge >= 0.3 is 0 Å². The Kier molecular flexibility index (Phi) is 5.45. The minimum atomic E-state index is -0.134. The van der Waals surface area contributed by atoms with Crippen molar-refractivity contribution in [3.8, 4) is 11.3 Å². The van der Waals surface area contributed by atoms with Gasteiger partial charge < -0.3 is 15.5 Å². The van der Waals surface area contributed by atoms with Crippen molar-refractivity contribution in [2.45, 2.75) is 32.7 Å². The van der Waals surface area contributed by atoms with E-state index >= 15 is 0 Å². The zero-order valence-corrected chi connectivity index (χ0v) is 20.1. The van der Waals surface area contributed by atoms with Crippen molar-refractivity contribution in [3.05, 3.63) is 65.9 Å². The largest absolute Gasteiger partial charge is 0.357 e. The van der Waals surface area contributed by atoms with Crippen molar-refractivity contribution in [1.29, 1.82) is 0 Å². The molecule has 2 aliphatic heterocycles. The van der Waals surface area contributed by atoms with E-state index in [-0.39, 0.29) is 5.91 Å². The molecule has 8 heteroatoms. The number of nitrogens with one attached hydrogen (secondary N) is 2. The van der Waals surface area contributed by atoms with E-state index < -0.39 is 0 Å². The highest BCUT2D eigenvalue weighted by Gasteiger charge is 2.31. The molecule has 0 radical (unpaired) electrons. The fourth-order valence-electron chi connectivity index (χ4n) is 5.00. The summed E-state index contributed by atoms with van der Waals surface area (Å²) in [5, 5.41) is 6.32. The van der Waals surface area contributed by atoms with E-state index in [1.165, 1.54) is 12.8 Å². The second-order valence-corrected chi connectivity index (χ2v) is 9.54. The van der Waals surface area contributed by atoms with Gasteiger partial charge in [0.05, 0.1) is 35.0 Å². The Balaban J connectivity index is 1.21. The number of anilines is 3.